The van der Waals surface area contributed by atoms with E-state index in [2.05, 4.69) is 25.5 Å². The number of nitrogens with zero attached hydrogens (tertiary/aromatic N) is 2. The Bertz CT molecular complexity index is 867. The molecule has 8 heteroatoms. The molecule has 3 N–H and O–H groups in total. The van der Waals surface area contributed by atoms with Crippen LogP contribution in [-0.4, -0.2) is 33.2 Å². The Morgan fingerprint density at radius 2 is 2.14 bits per heavy atom. The van der Waals surface area contributed by atoms with Crippen molar-refractivity contribution in [3.05, 3.63) is 46.2 Å². The lowest BCUT2D eigenvalue weighted by Gasteiger charge is -2.03. The molecule has 0 radical (unpaired) electrons. The lowest BCUT2D eigenvalue weighted by molar-refractivity contribution is 0.102. The number of amides is 1. The number of para-hydroxylation sites is 1. The molecule has 2 heterocycles. The van der Waals surface area contributed by atoms with Gasteiger partial charge in [0.05, 0.1) is 7.11 Å². The number of benzene rings is 1. The molecule has 106 valence electrons. The highest BCUT2D eigenvalue weighted by atomic mass is 16.5. The molecule has 0 aliphatic heterocycles. The molecule has 21 heavy (non-hydrogen) atoms. The van der Waals surface area contributed by atoms with E-state index in [1.165, 1.54) is 13.2 Å². The van der Waals surface area contributed by atoms with Gasteiger partial charge in [0, 0.05) is 17.0 Å². The Hall–Kier alpha value is -3.16. The highest BCUT2D eigenvalue weighted by Gasteiger charge is 2.12. The fourth-order valence-corrected chi connectivity index (χ4v) is 1.89. The summed E-state index contributed by atoms with van der Waals surface area (Å²) < 4.78 is 4.80. The van der Waals surface area contributed by atoms with E-state index < -0.39 is 5.91 Å². The summed E-state index contributed by atoms with van der Waals surface area (Å²) in [6, 6.07) is 8.31. The molecular formula is C13H11N5O3. The number of rotatable bonds is 3. The zero-order valence-corrected chi connectivity index (χ0v) is 11.0. The van der Waals surface area contributed by atoms with Crippen molar-refractivity contribution in [2.45, 2.75) is 0 Å². The van der Waals surface area contributed by atoms with Gasteiger partial charge in [-0.3, -0.25) is 14.9 Å². The number of ether oxygens (including phenoxy) is 1. The van der Waals surface area contributed by atoms with Crippen molar-refractivity contribution in [1.29, 1.82) is 0 Å². The third-order valence-electron chi connectivity index (χ3n) is 2.86. The van der Waals surface area contributed by atoms with Gasteiger partial charge in [0.2, 0.25) is 5.95 Å². The van der Waals surface area contributed by atoms with Crippen molar-refractivity contribution in [3.63, 3.8) is 0 Å². The molecule has 1 aromatic carbocycles. The number of carbonyl (C=O) groups excluding carboxylic acids is 1. The molecule has 2 aromatic heterocycles. The van der Waals surface area contributed by atoms with Gasteiger partial charge in [-0.05, 0) is 12.1 Å². The fourth-order valence-electron chi connectivity index (χ4n) is 1.89. The summed E-state index contributed by atoms with van der Waals surface area (Å²) >= 11 is 0. The number of fused-ring (bicyclic) bond motifs is 1. The van der Waals surface area contributed by atoms with Gasteiger partial charge in [-0.2, -0.15) is 4.98 Å². The zero-order valence-electron chi connectivity index (χ0n) is 11.0. The van der Waals surface area contributed by atoms with Crippen LogP contribution >= 0.6 is 0 Å². The first-order valence-electron chi connectivity index (χ1n) is 6.07. The second-order valence-electron chi connectivity index (χ2n) is 4.22. The largest absolute Gasteiger partial charge is 0.466 e. The molecule has 0 aliphatic rings. The van der Waals surface area contributed by atoms with Crippen molar-refractivity contribution < 1.29 is 9.53 Å². The number of carbonyl (C=O) groups is 1. The van der Waals surface area contributed by atoms with E-state index in [1.807, 2.05) is 0 Å². The molecule has 0 saturated heterocycles. The molecule has 0 fully saturated rings. The molecule has 0 atom stereocenters. The SMILES string of the molecule is COc1n[nH]c(NC(=O)c2cc(=O)c3ccccc3[nH]2)n1. The minimum atomic E-state index is -0.503. The Balaban J connectivity index is 1.92. The van der Waals surface area contributed by atoms with E-state index in [4.69, 9.17) is 4.74 Å². The molecule has 0 spiro atoms. The third-order valence-corrected chi connectivity index (χ3v) is 2.86. The minimum absolute atomic E-state index is 0.109. The first-order valence-corrected chi connectivity index (χ1v) is 6.07. The molecule has 1 amide bonds. The normalized spacial score (nSPS) is 10.5. The van der Waals surface area contributed by atoms with Crippen LogP contribution in [0.3, 0.4) is 0 Å². The van der Waals surface area contributed by atoms with Crippen LogP contribution < -0.4 is 15.5 Å². The van der Waals surface area contributed by atoms with E-state index in [1.54, 1.807) is 24.3 Å². The van der Waals surface area contributed by atoms with Crippen molar-refractivity contribution in [3.8, 4) is 6.01 Å². The standard InChI is InChI=1S/C13H11N5O3/c1-21-13-16-12(17-18-13)15-11(20)9-6-10(19)7-4-2-3-5-8(7)14-9/h2-6H,1H3,(H,14,19)(H2,15,16,17,18,20). The van der Waals surface area contributed by atoms with E-state index >= 15 is 0 Å². The van der Waals surface area contributed by atoms with Crippen LogP contribution in [0.25, 0.3) is 10.9 Å². The molecule has 8 nitrogen and oxygen atoms in total. The van der Waals surface area contributed by atoms with Crippen molar-refractivity contribution in [2.24, 2.45) is 0 Å². The van der Waals surface area contributed by atoms with Crippen molar-refractivity contribution >= 4 is 22.8 Å². The highest BCUT2D eigenvalue weighted by molar-refractivity contribution is 6.03. The van der Waals surface area contributed by atoms with Crippen LogP contribution in [0.4, 0.5) is 5.95 Å². The molecule has 3 rings (SSSR count). The molecule has 0 unspecified atom stereocenters. The van der Waals surface area contributed by atoms with Crippen molar-refractivity contribution in [1.82, 2.24) is 20.2 Å². The van der Waals surface area contributed by atoms with Crippen LogP contribution in [-0.2, 0) is 0 Å². The van der Waals surface area contributed by atoms with Gasteiger partial charge >= 0.3 is 6.01 Å². The maximum Gasteiger partial charge on any atom is 0.336 e. The lowest BCUT2D eigenvalue weighted by Crippen LogP contribution is -2.17. The van der Waals surface area contributed by atoms with Gasteiger partial charge in [0.25, 0.3) is 5.91 Å². The lowest BCUT2D eigenvalue weighted by atomic mass is 10.2. The number of hydrogen-bond acceptors (Lipinski definition) is 5. The van der Waals surface area contributed by atoms with E-state index in [0.29, 0.717) is 10.9 Å². The number of anilines is 1. The first-order chi connectivity index (χ1) is 10.2. The number of pyridine rings is 1. The summed E-state index contributed by atoms with van der Waals surface area (Å²) in [7, 11) is 1.41. The van der Waals surface area contributed by atoms with Gasteiger partial charge in [-0.25, -0.2) is 5.10 Å². The summed E-state index contributed by atoms with van der Waals surface area (Å²) in [4.78, 5) is 30.8. The predicted octanol–water partition coefficient (Wildman–Crippen LogP) is 0.907. The number of aromatic nitrogens is 4. The fraction of sp³-hybridized carbons (Fsp3) is 0.0769. The number of aromatic amines is 2. The number of methoxy groups -OCH3 is 1. The van der Waals surface area contributed by atoms with Gasteiger partial charge in [-0.1, -0.05) is 12.1 Å². The zero-order chi connectivity index (χ0) is 14.8. The maximum absolute atomic E-state index is 12.1. The van der Waals surface area contributed by atoms with E-state index in [0.717, 1.165) is 0 Å². The van der Waals surface area contributed by atoms with Gasteiger partial charge in [-0.15, -0.1) is 5.10 Å². The average molecular weight is 285 g/mol. The maximum atomic E-state index is 12.1. The average Bonchev–Trinajstić information content (AvgIpc) is 2.95. The molecule has 3 aromatic rings. The first kappa shape index (κ1) is 12.9. The van der Waals surface area contributed by atoms with Crippen LogP contribution in [0.5, 0.6) is 6.01 Å². The van der Waals surface area contributed by atoms with Gasteiger partial charge in [0.15, 0.2) is 5.43 Å². The molecule has 0 bridgehead atoms. The van der Waals surface area contributed by atoms with Crippen LogP contribution in [0.15, 0.2) is 35.1 Å². The van der Waals surface area contributed by atoms with Gasteiger partial charge in [0.1, 0.15) is 5.69 Å². The van der Waals surface area contributed by atoms with Crippen LogP contribution in [0.2, 0.25) is 0 Å². The monoisotopic (exact) mass is 285 g/mol. The summed E-state index contributed by atoms with van der Waals surface area (Å²) in [5.74, 6) is -0.373. The Morgan fingerprint density at radius 1 is 1.33 bits per heavy atom. The topological polar surface area (TPSA) is 113 Å². The quantitative estimate of drug-likeness (QED) is 0.662. The highest BCUT2D eigenvalue weighted by Crippen LogP contribution is 2.09. The third kappa shape index (κ3) is 2.46. The van der Waals surface area contributed by atoms with E-state index in [-0.39, 0.29) is 23.1 Å². The van der Waals surface area contributed by atoms with Crippen LogP contribution in [0, 0.1) is 0 Å². The van der Waals surface area contributed by atoms with Crippen LogP contribution in [0.1, 0.15) is 10.5 Å². The summed E-state index contributed by atoms with van der Waals surface area (Å²) in [6.07, 6.45) is 0. The van der Waals surface area contributed by atoms with Gasteiger partial charge < -0.3 is 9.72 Å². The second kappa shape index (κ2) is 5.08. The number of hydrogen-bond donors (Lipinski definition) is 3. The predicted molar refractivity (Wildman–Crippen MR) is 75.5 cm³/mol. The van der Waals surface area contributed by atoms with E-state index in [9.17, 15) is 9.59 Å². The molecule has 0 aliphatic carbocycles. The summed E-state index contributed by atoms with van der Waals surface area (Å²) in [6.45, 7) is 0. The Morgan fingerprint density at radius 3 is 2.90 bits per heavy atom. The Labute approximate surface area is 118 Å². The summed E-state index contributed by atoms with van der Waals surface area (Å²) in [5, 5.41) is 9.21. The second-order valence-corrected chi connectivity index (χ2v) is 4.22. The Kier molecular flexibility index (Phi) is 3.11. The molecular weight excluding hydrogens is 274 g/mol. The molecule has 0 saturated carbocycles. The van der Waals surface area contributed by atoms with Crippen molar-refractivity contribution in [2.75, 3.05) is 12.4 Å². The minimum Gasteiger partial charge on any atom is -0.466 e. The summed E-state index contributed by atoms with van der Waals surface area (Å²) in [5.41, 5.74) is 0.490. The number of H-pyrrole nitrogens is 2. The number of nitrogens with one attached hydrogen (secondary N) is 3. The smallest absolute Gasteiger partial charge is 0.336 e.